The van der Waals surface area contributed by atoms with Gasteiger partial charge in [0, 0.05) is 13.5 Å². The maximum absolute atomic E-state index is 12.2. The van der Waals surface area contributed by atoms with Gasteiger partial charge in [0.25, 0.3) is 0 Å². The van der Waals surface area contributed by atoms with Crippen molar-refractivity contribution in [3.8, 4) is 0 Å². The average molecular weight is 296 g/mol. The van der Waals surface area contributed by atoms with Crippen molar-refractivity contribution in [1.29, 1.82) is 0 Å². The highest BCUT2D eigenvalue weighted by Crippen LogP contribution is 2.61. The van der Waals surface area contributed by atoms with Crippen LogP contribution < -0.4 is 0 Å². The number of carbonyl (C=O) groups is 1. The predicted octanol–water partition coefficient (Wildman–Crippen LogP) is 1.58. The van der Waals surface area contributed by atoms with Gasteiger partial charge in [-0.15, -0.1) is 0 Å². The third-order valence-electron chi connectivity index (χ3n) is 5.21. The van der Waals surface area contributed by atoms with E-state index in [1.54, 1.807) is 0 Å². The van der Waals surface area contributed by atoms with Crippen LogP contribution >= 0.6 is 0 Å². The number of aliphatic hydroxyl groups is 1. The molecule has 0 aromatic heterocycles. The van der Waals surface area contributed by atoms with Crippen molar-refractivity contribution < 1.29 is 24.1 Å². The van der Waals surface area contributed by atoms with Crippen molar-refractivity contribution in [3.05, 3.63) is 11.6 Å². The first-order valence-electron chi connectivity index (χ1n) is 7.54. The third kappa shape index (κ3) is 2.18. The van der Waals surface area contributed by atoms with E-state index in [4.69, 9.17) is 14.2 Å². The van der Waals surface area contributed by atoms with E-state index in [9.17, 15) is 9.90 Å². The Morgan fingerprint density at radius 3 is 2.71 bits per heavy atom. The van der Waals surface area contributed by atoms with Gasteiger partial charge in [-0.05, 0) is 33.6 Å². The summed E-state index contributed by atoms with van der Waals surface area (Å²) in [5.74, 6) is -2.54. The molecule has 0 amide bonds. The second-order valence-corrected chi connectivity index (χ2v) is 6.92. The Hall–Kier alpha value is -0.750. The van der Waals surface area contributed by atoms with E-state index in [0.717, 1.165) is 6.42 Å². The van der Waals surface area contributed by atoms with Crippen molar-refractivity contribution in [3.63, 3.8) is 0 Å². The van der Waals surface area contributed by atoms with Crippen LogP contribution in [-0.2, 0) is 19.0 Å². The zero-order chi connectivity index (χ0) is 15.5. The molecule has 0 aromatic rings. The molecule has 1 aliphatic carbocycles. The maximum Gasteiger partial charge on any atom is 0.234 e. The van der Waals surface area contributed by atoms with E-state index in [1.807, 2.05) is 20.8 Å². The van der Waals surface area contributed by atoms with Gasteiger partial charge in [0.1, 0.15) is 11.2 Å². The molecule has 118 valence electrons. The summed E-state index contributed by atoms with van der Waals surface area (Å²) in [4.78, 5) is 12.2. The number of hydrogen-bond donors (Lipinski definition) is 1. The van der Waals surface area contributed by atoms with Gasteiger partial charge in [-0.1, -0.05) is 11.6 Å². The Morgan fingerprint density at radius 2 is 2.19 bits per heavy atom. The highest BCUT2D eigenvalue weighted by atomic mass is 16.7. The molecule has 0 bridgehead atoms. The standard InChI is InChI=1S/C16H24O5/c1-10(2)5-6-12-14(3,21-12)13-15(9-20-15)8-7-11(17)16(13,18)19-4/h5,12-13,18H,6-9H2,1-4H3/t12-,13-,14+,15+,16+/m1/s1. The molecule has 2 saturated heterocycles. The van der Waals surface area contributed by atoms with Gasteiger partial charge in [0.05, 0.1) is 18.6 Å². The smallest absolute Gasteiger partial charge is 0.234 e. The molecule has 3 aliphatic rings. The lowest BCUT2D eigenvalue weighted by Crippen LogP contribution is -2.62. The lowest BCUT2D eigenvalue weighted by Gasteiger charge is -2.43. The van der Waals surface area contributed by atoms with E-state index in [-0.39, 0.29) is 18.3 Å². The SMILES string of the molecule is CO[C@@]1(O)C(=O)CC[C@]2(CO2)[C@H]1[C@@]1(C)O[C@@H]1CC=C(C)C. The zero-order valence-corrected chi connectivity index (χ0v) is 13.1. The van der Waals surface area contributed by atoms with E-state index >= 15 is 0 Å². The van der Waals surface area contributed by atoms with Crippen molar-refractivity contribution in [2.45, 2.75) is 63.1 Å². The monoisotopic (exact) mass is 296 g/mol. The molecule has 5 nitrogen and oxygen atoms in total. The van der Waals surface area contributed by atoms with Crippen molar-refractivity contribution in [2.24, 2.45) is 5.92 Å². The minimum Gasteiger partial charge on any atom is -0.369 e. The Bertz CT molecular complexity index is 491. The molecule has 5 heteroatoms. The summed E-state index contributed by atoms with van der Waals surface area (Å²) >= 11 is 0. The molecule has 3 fully saturated rings. The first-order chi connectivity index (χ1) is 9.78. The lowest BCUT2D eigenvalue weighted by atomic mass is 9.67. The number of epoxide rings is 2. The van der Waals surface area contributed by atoms with Crippen LogP contribution in [-0.4, -0.2) is 47.7 Å². The molecule has 21 heavy (non-hydrogen) atoms. The van der Waals surface area contributed by atoms with E-state index in [0.29, 0.717) is 13.0 Å². The number of allylic oxidation sites excluding steroid dienone is 1. The van der Waals surface area contributed by atoms with Gasteiger partial charge in [-0.3, -0.25) is 4.79 Å². The predicted molar refractivity (Wildman–Crippen MR) is 75.7 cm³/mol. The van der Waals surface area contributed by atoms with Crippen LogP contribution in [0.25, 0.3) is 0 Å². The van der Waals surface area contributed by atoms with Gasteiger partial charge in [0.15, 0.2) is 5.78 Å². The second kappa shape index (κ2) is 4.62. The number of Topliss-reactive ketones (excluding diaryl/α,β-unsaturated/α-hetero) is 1. The van der Waals surface area contributed by atoms with Crippen LogP contribution in [0.2, 0.25) is 0 Å². The molecule has 2 aliphatic heterocycles. The molecule has 1 spiro atoms. The summed E-state index contributed by atoms with van der Waals surface area (Å²) < 4.78 is 16.8. The molecule has 2 heterocycles. The zero-order valence-electron chi connectivity index (χ0n) is 13.1. The van der Waals surface area contributed by atoms with Crippen molar-refractivity contribution in [1.82, 2.24) is 0 Å². The first-order valence-corrected chi connectivity index (χ1v) is 7.54. The van der Waals surface area contributed by atoms with Crippen LogP contribution in [0.3, 0.4) is 0 Å². The summed E-state index contributed by atoms with van der Waals surface area (Å²) in [6.07, 6.45) is 3.81. The van der Waals surface area contributed by atoms with Gasteiger partial charge in [0.2, 0.25) is 5.79 Å². The largest absolute Gasteiger partial charge is 0.369 e. The van der Waals surface area contributed by atoms with Gasteiger partial charge >= 0.3 is 0 Å². The van der Waals surface area contributed by atoms with Crippen LogP contribution in [0.5, 0.6) is 0 Å². The van der Waals surface area contributed by atoms with Crippen LogP contribution in [0.4, 0.5) is 0 Å². The lowest BCUT2D eigenvalue weighted by molar-refractivity contribution is -0.245. The number of rotatable bonds is 4. The van der Waals surface area contributed by atoms with E-state index < -0.39 is 22.9 Å². The van der Waals surface area contributed by atoms with Gasteiger partial charge in [-0.2, -0.15) is 0 Å². The molecule has 1 saturated carbocycles. The molecule has 1 N–H and O–H groups in total. The number of ether oxygens (including phenoxy) is 3. The summed E-state index contributed by atoms with van der Waals surface area (Å²) in [5, 5.41) is 10.8. The van der Waals surface area contributed by atoms with E-state index in [2.05, 4.69) is 6.08 Å². The fraction of sp³-hybridized carbons (Fsp3) is 0.812. The van der Waals surface area contributed by atoms with Crippen LogP contribution in [0, 0.1) is 5.92 Å². The molecular formula is C16H24O5. The minimum absolute atomic E-state index is 0.00829. The Morgan fingerprint density at radius 1 is 1.52 bits per heavy atom. The first kappa shape index (κ1) is 15.2. The highest BCUT2D eigenvalue weighted by Gasteiger charge is 2.76. The average Bonchev–Trinajstić information content (AvgIpc) is 3.32. The minimum atomic E-state index is -1.80. The number of methoxy groups -OCH3 is 1. The fourth-order valence-corrected chi connectivity index (χ4v) is 3.86. The maximum atomic E-state index is 12.2. The third-order valence-corrected chi connectivity index (χ3v) is 5.21. The molecule has 0 unspecified atom stereocenters. The molecule has 0 aromatic carbocycles. The number of carbonyl (C=O) groups excluding carboxylic acids is 1. The summed E-state index contributed by atoms with van der Waals surface area (Å²) in [6, 6.07) is 0. The highest BCUT2D eigenvalue weighted by molar-refractivity contribution is 5.87. The summed E-state index contributed by atoms with van der Waals surface area (Å²) in [5.41, 5.74) is 0.183. The quantitative estimate of drug-likeness (QED) is 0.484. The molecule has 5 atom stereocenters. The normalized spacial score (nSPS) is 48.3. The molecule has 0 radical (unpaired) electrons. The van der Waals surface area contributed by atoms with E-state index in [1.165, 1.54) is 12.7 Å². The Balaban J connectivity index is 1.88. The van der Waals surface area contributed by atoms with Gasteiger partial charge in [-0.25, -0.2) is 0 Å². The van der Waals surface area contributed by atoms with Crippen molar-refractivity contribution >= 4 is 5.78 Å². The number of ketones is 1. The second-order valence-electron chi connectivity index (χ2n) is 6.92. The fourth-order valence-electron chi connectivity index (χ4n) is 3.86. The van der Waals surface area contributed by atoms with Crippen LogP contribution in [0.1, 0.15) is 40.0 Å². The Kier molecular flexibility index (Phi) is 3.34. The molecule has 3 rings (SSSR count). The van der Waals surface area contributed by atoms with Crippen LogP contribution in [0.15, 0.2) is 11.6 Å². The number of hydrogen-bond acceptors (Lipinski definition) is 5. The summed E-state index contributed by atoms with van der Waals surface area (Å²) in [6.45, 7) is 6.60. The summed E-state index contributed by atoms with van der Waals surface area (Å²) in [7, 11) is 1.38. The van der Waals surface area contributed by atoms with Crippen molar-refractivity contribution in [2.75, 3.05) is 13.7 Å². The Labute approximate surface area is 125 Å². The topological polar surface area (TPSA) is 71.6 Å². The molecular weight excluding hydrogens is 272 g/mol. The van der Waals surface area contributed by atoms with Gasteiger partial charge < -0.3 is 19.3 Å².